The first-order valence-corrected chi connectivity index (χ1v) is 6.32. The van der Waals surface area contributed by atoms with Crippen molar-refractivity contribution in [3.05, 3.63) is 29.3 Å². The predicted molar refractivity (Wildman–Crippen MR) is 68.4 cm³/mol. The summed E-state index contributed by atoms with van der Waals surface area (Å²) in [5.74, 6) is 1.00. The monoisotopic (exact) mass is 260 g/mol. The quantitative estimate of drug-likeness (QED) is 0.842. The van der Waals surface area contributed by atoms with Gasteiger partial charge in [0.1, 0.15) is 5.69 Å². The van der Waals surface area contributed by atoms with Crippen molar-refractivity contribution >= 4 is 0 Å². The molecule has 0 saturated carbocycles. The van der Waals surface area contributed by atoms with Gasteiger partial charge in [-0.05, 0) is 31.4 Å². The fraction of sp³-hybridized carbons (Fsp3) is 0.462. The van der Waals surface area contributed by atoms with Crippen LogP contribution in [0.25, 0.3) is 11.5 Å². The second kappa shape index (κ2) is 4.71. The molecule has 3 heterocycles. The molecular formula is C13H16N4O2. The normalized spacial score (nSPS) is 22.9. The van der Waals surface area contributed by atoms with Crippen LogP contribution in [0.2, 0.25) is 0 Å². The van der Waals surface area contributed by atoms with Gasteiger partial charge in [-0.25, -0.2) is 0 Å². The third-order valence-corrected chi connectivity index (χ3v) is 3.27. The zero-order valence-electron chi connectivity index (χ0n) is 10.9. The van der Waals surface area contributed by atoms with Crippen LogP contribution in [-0.4, -0.2) is 32.9 Å². The van der Waals surface area contributed by atoms with Crippen molar-refractivity contribution in [2.75, 3.05) is 6.54 Å². The van der Waals surface area contributed by atoms with Crippen LogP contribution < -0.4 is 5.32 Å². The number of rotatable bonds is 2. The van der Waals surface area contributed by atoms with E-state index in [0.717, 1.165) is 16.8 Å². The van der Waals surface area contributed by atoms with Crippen molar-refractivity contribution in [1.82, 2.24) is 20.4 Å². The lowest BCUT2D eigenvalue weighted by molar-refractivity contribution is 0.191. The highest BCUT2D eigenvalue weighted by atomic mass is 16.5. The first-order chi connectivity index (χ1) is 9.13. The number of aromatic nitrogens is 3. The Morgan fingerprint density at radius 1 is 1.42 bits per heavy atom. The van der Waals surface area contributed by atoms with Crippen LogP contribution >= 0.6 is 0 Å². The molecule has 0 aromatic carbocycles. The van der Waals surface area contributed by atoms with Gasteiger partial charge in [-0.3, -0.25) is 4.98 Å². The van der Waals surface area contributed by atoms with E-state index in [1.165, 1.54) is 0 Å². The maximum Gasteiger partial charge on any atom is 0.244 e. The molecule has 2 atom stereocenters. The Morgan fingerprint density at radius 3 is 2.95 bits per heavy atom. The van der Waals surface area contributed by atoms with Crippen LogP contribution in [-0.2, 0) is 0 Å². The minimum Gasteiger partial charge on any atom is -0.392 e. The fourth-order valence-electron chi connectivity index (χ4n) is 2.33. The Kier molecular flexibility index (Phi) is 3.04. The van der Waals surface area contributed by atoms with Gasteiger partial charge in [-0.15, -0.1) is 0 Å². The molecule has 1 saturated heterocycles. The van der Waals surface area contributed by atoms with E-state index in [4.69, 9.17) is 4.52 Å². The molecule has 1 aliphatic rings. The number of β-amino-alcohol motifs (C(OH)–C–C–N with tert-alkyl or cyclic N) is 1. The molecule has 1 aliphatic heterocycles. The van der Waals surface area contributed by atoms with Crippen LogP contribution in [0.1, 0.15) is 29.5 Å². The lowest BCUT2D eigenvalue weighted by Crippen LogP contribution is -2.15. The summed E-state index contributed by atoms with van der Waals surface area (Å²) < 4.78 is 5.26. The molecule has 6 nitrogen and oxygen atoms in total. The number of nitrogens with one attached hydrogen (secondary N) is 1. The van der Waals surface area contributed by atoms with E-state index in [1.807, 2.05) is 19.9 Å². The van der Waals surface area contributed by atoms with Gasteiger partial charge in [-0.1, -0.05) is 11.2 Å². The average Bonchev–Trinajstić information content (AvgIpc) is 2.97. The van der Waals surface area contributed by atoms with Crippen molar-refractivity contribution in [3.63, 3.8) is 0 Å². The van der Waals surface area contributed by atoms with E-state index in [-0.39, 0.29) is 12.1 Å². The first-order valence-electron chi connectivity index (χ1n) is 6.32. The van der Waals surface area contributed by atoms with Gasteiger partial charge in [0.15, 0.2) is 0 Å². The molecule has 0 spiro atoms. The van der Waals surface area contributed by atoms with Gasteiger partial charge in [0.2, 0.25) is 11.7 Å². The highest BCUT2D eigenvalue weighted by molar-refractivity contribution is 5.54. The number of nitrogens with zero attached hydrogens (tertiary/aromatic N) is 3. The average molecular weight is 260 g/mol. The third-order valence-electron chi connectivity index (χ3n) is 3.27. The molecule has 19 heavy (non-hydrogen) atoms. The molecular weight excluding hydrogens is 244 g/mol. The summed E-state index contributed by atoms with van der Waals surface area (Å²) in [6.07, 6.45) is 2.04. The number of pyridine rings is 1. The summed E-state index contributed by atoms with van der Waals surface area (Å²) in [5, 5.41) is 16.6. The number of hydrogen-bond donors (Lipinski definition) is 2. The highest BCUT2D eigenvalue weighted by Gasteiger charge is 2.28. The van der Waals surface area contributed by atoms with Crippen molar-refractivity contribution in [2.24, 2.45) is 0 Å². The van der Waals surface area contributed by atoms with Gasteiger partial charge < -0.3 is 14.9 Å². The molecule has 2 aromatic heterocycles. The van der Waals surface area contributed by atoms with Crippen molar-refractivity contribution in [2.45, 2.75) is 32.4 Å². The van der Waals surface area contributed by atoms with E-state index < -0.39 is 0 Å². The lowest BCUT2D eigenvalue weighted by atomic mass is 10.1. The van der Waals surface area contributed by atoms with Crippen LogP contribution in [0.4, 0.5) is 0 Å². The summed E-state index contributed by atoms with van der Waals surface area (Å²) >= 11 is 0. The van der Waals surface area contributed by atoms with E-state index in [1.54, 1.807) is 6.20 Å². The molecule has 0 unspecified atom stereocenters. The zero-order chi connectivity index (χ0) is 13.4. The summed E-state index contributed by atoms with van der Waals surface area (Å²) in [5.41, 5.74) is 2.86. The Labute approximate surface area is 110 Å². The van der Waals surface area contributed by atoms with E-state index >= 15 is 0 Å². The molecule has 6 heteroatoms. The molecule has 0 bridgehead atoms. The smallest absolute Gasteiger partial charge is 0.244 e. The maximum absolute atomic E-state index is 9.49. The van der Waals surface area contributed by atoms with Crippen LogP contribution in [0, 0.1) is 13.8 Å². The summed E-state index contributed by atoms with van der Waals surface area (Å²) in [7, 11) is 0. The third kappa shape index (κ3) is 2.36. The van der Waals surface area contributed by atoms with Gasteiger partial charge in [-0.2, -0.15) is 4.98 Å². The minimum absolute atomic E-state index is 0.0676. The molecule has 0 amide bonds. The Balaban J connectivity index is 1.88. The summed E-state index contributed by atoms with van der Waals surface area (Å²) in [4.78, 5) is 8.72. The Morgan fingerprint density at radius 2 is 2.26 bits per heavy atom. The Hall–Kier alpha value is -1.79. The number of aliphatic hydroxyl groups is 1. The summed E-state index contributed by atoms with van der Waals surface area (Å²) in [6.45, 7) is 4.53. The lowest BCUT2D eigenvalue weighted by Gasteiger charge is -2.02. The largest absolute Gasteiger partial charge is 0.392 e. The van der Waals surface area contributed by atoms with E-state index in [9.17, 15) is 5.11 Å². The minimum atomic E-state index is -0.348. The molecule has 0 radical (unpaired) electrons. The molecule has 3 rings (SSSR count). The molecule has 2 aromatic rings. The van der Waals surface area contributed by atoms with Gasteiger partial charge in [0, 0.05) is 12.7 Å². The zero-order valence-corrected chi connectivity index (χ0v) is 10.9. The van der Waals surface area contributed by atoms with Crippen molar-refractivity contribution < 1.29 is 9.63 Å². The second-order valence-corrected chi connectivity index (χ2v) is 4.98. The second-order valence-electron chi connectivity index (χ2n) is 4.98. The SMILES string of the molecule is Cc1cnc(-c2noc([C@@H]3C[C@H](O)CN3)n2)c(C)c1. The standard InChI is InChI=1S/C13H16N4O2/c1-7-3-8(2)11(15-5-7)12-16-13(19-17-12)10-4-9(18)6-14-10/h3,5,9-10,14,18H,4,6H2,1-2H3/t9-,10-/m0/s1. The topological polar surface area (TPSA) is 84.1 Å². The van der Waals surface area contributed by atoms with Gasteiger partial charge >= 0.3 is 0 Å². The molecule has 0 aliphatic carbocycles. The van der Waals surface area contributed by atoms with Crippen LogP contribution in [0.15, 0.2) is 16.8 Å². The van der Waals surface area contributed by atoms with Crippen molar-refractivity contribution in [3.8, 4) is 11.5 Å². The number of aryl methyl sites for hydroxylation is 2. The number of aliphatic hydroxyl groups excluding tert-OH is 1. The van der Waals surface area contributed by atoms with E-state index in [2.05, 4.69) is 20.4 Å². The van der Waals surface area contributed by atoms with E-state index in [0.29, 0.717) is 24.7 Å². The van der Waals surface area contributed by atoms with Gasteiger partial charge in [0.05, 0.1) is 12.1 Å². The van der Waals surface area contributed by atoms with Crippen molar-refractivity contribution in [1.29, 1.82) is 0 Å². The van der Waals surface area contributed by atoms with Crippen LogP contribution in [0.5, 0.6) is 0 Å². The first kappa shape index (κ1) is 12.3. The fourth-order valence-corrected chi connectivity index (χ4v) is 2.33. The summed E-state index contributed by atoms with van der Waals surface area (Å²) in [6, 6.07) is 1.97. The maximum atomic E-state index is 9.49. The van der Waals surface area contributed by atoms with Crippen LogP contribution in [0.3, 0.4) is 0 Å². The number of hydrogen-bond acceptors (Lipinski definition) is 6. The molecule has 100 valence electrons. The Bertz CT molecular complexity index is 596. The highest BCUT2D eigenvalue weighted by Crippen LogP contribution is 2.25. The predicted octanol–water partition coefficient (Wildman–Crippen LogP) is 1.14. The van der Waals surface area contributed by atoms with Gasteiger partial charge in [0.25, 0.3) is 0 Å². The molecule has 2 N–H and O–H groups in total. The molecule has 1 fully saturated rings.